The molecule has 0 saturated carbocycles. The van der Waals surface area contributed by atoms with Crippen LogP contribution in [0.5, 0.6) is 0 Å². The zero-order valence-corrected chi connectivity index (χ0v) is 28.2. The van der Waals surface area contributed by atoms with Crippen molar-refractivity contribution in [3.8, 4) is 44.5 Å². The van der Waals surface area contributed by atoms with Gasteiger partial charge in [0.05, 0.1) is 11.4 Å². The van der Waals surface area contributed by atoms with Gasteiger partial charge in [-0.05, 0) is 91.5 Å². The van der Waals surface area contributed by atoms with E-state index in [-0.39, 0.29) is 0 Å². The highest BCUT2D eigenvalue weighted by Crippen LogP contribution is 2.46. The van der Waals surface area contributed by atoms with E-state index in [4.69, 9.17) is 0 Å². The van der Waals surface area contributed by atoms with Gasteiger partial charge in [0.15, 0.2) is 0 Å². The molecule has 0 aliphatic heterocycles. The summed E-state index contributed by atoms with van der Waals surface area (Å²) in [6.45, 7) is 0. The highest BCUT2D eigenvalue weighted by molar-refractivity contribution is 6.15. The van der Waals surface area contributed by atoms with Crippen molar-refractivity contribution in [1.82, 2.24) is 0 Å². The Bertz CT molecular complexity index is 2610. The van der Waals surface area contributed by atoms with Gasteiger partial charge in [-0.1, -0.05) is 176 Å². The van der Waals surface area contributed by atoms with Crippen LogP contribution >= 0.6 is 0 Å². The van der Waals surface area contributed by atoms with Gasteiger partial charge in [0.1, 0.15) is 0 Å². The van der Waals surface area contributed by atoms with E-state index in [0.29, 0.717) is 0 Å². The molecule has 0 amide bonds. The Hall–Kier alpha value is -6.70. The summed E-state index contributed by atoms with van der Waals surface area (Å²) in [5.74, 6) is 0. The van der Waals surface area contributed by atoms with Gasteiger partial charge in [0.2, 0.25) is 0 Å². The largest absolute Gasteiger partial charge is 0.309 e. The summed E-state index contributed by atoms with van der Waals surface area (Å²) in [6, 6.07) is 76.7. The summed E-state index contributed by atoms with van der Waals surface area (Å²) in [5, 5.41) is 4.93. The Balaban J connectivity index is 1.26. The van der Waals surface area contributed by atoms with Crippen LogP contribution in [0.4, 0.5) is 17.1 Å². The molecule has 0 N–H and O–H groups in total. The Labute approximate surface area is 299 Å². The third kappa shape index (κ3) is 5.86. The molecule has 0 heterocycles. The van der Waals surface area contributed by atoms with Crippen molar-refractivity contribution >= 4 is 38.6 Å². The van der Waals surface area contributed by atoms with Crippen molar-refractivity contribution in [2.45, 2.75) is 0 Å². The quantitative estimate of drug-likeness (QED) is 0.155. The molecule has 1 nitrogen and oxygen atoms in total. The van der Waals surface area contributed by atoms with Crippen LogP contribution in [0.1, 0.15) is 0 Å². The first kappa shape index (κ1) is 30.4. The molecule has 51 heavy (non-hydrogen) atoms. The van der Waals surface area contributed by atoms with E-state index < -0.39 is 0 Å². The third-order valence-electron chi connectivity index (χ3n) is 9.85. The monoisotopic (exact) mass is 649 g/mol. The topological polar surface area (TPSA) is 3.24 Å². The molecule has 0 bridgehead atoms. The molecule has 0 saturated heterocycles. The van der Waals surface area contributed by atoms with Crippen molar-refractivity contribution in [2.24, 2.45) is 0 Å². The lowest BCUT2D eigenvalue weighted by molar-refractivity contribution is 1.30. The molecule has 0 aliphatic carbocycles. The number of nitrogens with zero attached hydrogens (tertiary/aromatic N) is 1. The minimum atomic E-state index is 1.10. The Morgan fingerprint density at radius 3 is 1.37 bits per heavy atom. The first-order valence-electron chi connectivity index (χ1n) is 17.5. The average Bonchev–Trinajstić information content (AvgIpc) is 3.22. The van der Waals surface area contributed by atoms with Crippen LogP contribution in [0, 0.1) is 0 Å². The fraction of sp³-hybridized carbons (Fsp3) is 0. The van der Waals surface area contributed by atoms with E-state index in [1.165, 1.54) is 66.1 Å². The maximum Gasteiger partial charge on any atom is 0.0546 e. The first-order valence-corrected chi connectivity index (χ1v) is 17.5. The standard InChI is InChI=1S/C50H35N/c1-4-15-36(16-5-1)40-22-14-23-41(33-40)38-27-30-44(31-28-38)51(50-35-43-21-10-11-24-45(43)46-25-12-13-26-47(46)50)49-32-29-42(37-17-6-2-7-18-37)34-48(49)39-19-8-3-9-20-39/h1-35H. The SMILES string of the molecule is c1ccc(-c2cccc(-c3ccc(N(c4ccc(-c5ccccc5)cc4-c4ccccc4)c4cc5ccccc5c5ccccc45)cc3)c2)cc1. The Kier molecular flexibility index (Phi) is 7.92. The lowest BCUT2D eigenvalue weighted by Crippen LogP contribution is -2.12. The van der Waals surface area contributed by atoms with Gasteiger partial charge < -0.3 is 4.90 Å². The fourth-order valence-electron chi connectivity index (χ4n) is 7.33. The smallest absolute Gasteiger partial charge is 0.0546 e. The number of rotatable bonds is 7. The van der Waals surface area contributed by atoms with Crippen molar-refractivity contribution in [3.63, 3.8) is 0 Å². The zero-order valence-electron chi connectivity index (χ0n) is 28.2. The van der Waals surface area contributed by atoms with Gasteiger partial charge in [-0.2, -0.15) is 0 Å². The van der Waals surface area contributed by atoms with Crippen molar-refractivity contribution in [2.75, 3.05) is 4.90 Å². The van der Waals surface area contributed by atoms with Crippen LogP contribution in [0.25, 0.3) is 66.1 Å². The van der Waals surface area contributed by atoms with Crippen molar-refractivity contribution in [3.05, 3.63) is 212 Å². The summed E-state index contributed by atoms with van der Waals surface area (Å²) in [7, 11) is 0. The molecule has 0 aliphatic rings. The van der Waals surface area contributed by atoms with Gasteiger partial charge in [-0.25, -0.2) is 0 Å². The maximum absolute atomic E-state index is 2.45. The minimum absolute atomic E-state index is 1.10. The minimum Gasteiger partial charge on any atom is -0.309 e. The molecular formula is C50H35N. The summed E-state index contributed by atoms with van der Waals surface area (Å²) in [6.07, 6.45) is 0. The van der Waals surface area contributed by atoms with Gasteiger partial charge in [-0.15, -0.1) is 0 Å². The predicted octanol–water partition coefficient (Wildman–Crippen LogP) is 14.1. The molecule has 0 unspecified atom stereocenters. The van der Waals surface area contributed by atoms with Gasteiger partial charge in [0.25, 0.3) is 0 Å². The molecule has 9 aromatic carbocycles. The highest BCUT2D eigenvalue weighted by Gasteiger charge is 2.21. The number of hydrogen-bond acceptors (Lipinski definition) is 1. The Morgan fingerprint density at radius 2 is 0.725 bits per heavy atom. The van der Waals surface area contributed by atoms with Crippen molar-refractivity contribution in [1.29, 1.82) is 0 Å². The average molecular weight is 650 g/mol. The van der Waals surface area contributed by atoms with E-state index in [2.05, 4.69) is 217 Å². The number of anilines is 3. The lowest BCUT2D eigenvalue weighted by Gasteiger charge is -2.30. The first-order chi connectivity index (χ1) is 25.3. The lowest BCUT2D eigenvalue weighted by atomic mass is 9.94. The van der Waals surface area contributed by atoms with Crippen LogP contribution in [0.3, 0.4) is 0 Å². The second-order valence-corrected chi connectivity index (χ2v) is 13.0. The van der Waals surface area contributed by atoms with E-state index in [1.807, 2.05) is 0 Å². The normalized spacial score (nSPS) is 11.1. The molecule has 0 spiro atoms. The zero-order chi connectivity index (χ0) is 34.0. The third-order valence-corrected chi connectivity index (χ3v) is 9.85. The summed E-state index contributed by atoms with van der Waals surface area (Å²) in [4.78, 5) is 2.45. The van der Waals surface area contributed by atoms with Crippen LogP contribution in [-0.2, 0) is 0 Å². The number of fused-ring (bicyclic) bond motifs is 3. The predicted molar refractivity (Wildman–Crippen MR) is 218 cm³/mol. The van der Waals surface area contributed by atoms with E-state index >= 15 is 0 Å². The molecule has 9 aromatic rings. The molecule has 0 radical (unpaired) electrons. The second kappa shape index (κ2) is 13.3. The van der Waals surface area contributed by atoms with Crippen LogP contribution in [-0.4, -0.2) is 0 Å². The van der Waals surface area contributed by atoms with Crippen LogP contribution in [0.2, 0.25) is 0 Å². The fourth-order valence-corrected chi connectivity index (χ4v) is 7.33. The van der Waals surface area contributed by atoms with E-state index in [9.17, 15) is 0 Å². The summed E-state index contributed by atoms with van der Waals surface area (Å²) < 4.78 is 0. The molecule has 0 fully saturated rings. The molecule has 240 valence electrons. The molecular weight excluding hydrogens is 615 g/mol. The van der Waals surface area contributed by atoms with Crippen molar-refractivity contribution < 1.29 is 0 Å². The number of hydrogen-bond donors (Lipinski definition) is 0. The van der Waals surface area contributed by atoms with Gasteiger partial charge >= 0.3 is 0 Å². The Morgan fingerprint density at radius 1 is 0.255 bits per heavy atom. The summed E-state index contributed by atoms with van der Waals surface area (Å²) in [5.41, 5.74) is 12.9. The molecule has 0 aromatic heterocycles. The van der Waals surface area contributed by atoms with Gasteiger partial charge in [-0.3, -0.25) is 0 Å². The van der Waals surface area contributed by atoms with E-state index in [0.717, 1.165) is 17.1 Å². The van der Waals surface area contributed by atoms with Crippen LogP contribution < -0.4 is 4.90 Å². The molecule has 9 rings (SSSR count). The molecule has 1 heteroatoms. The number of benzene rings is 9. The van der Waals surface area contributed by atoms with Crippen LogP contribution in [0.15, 0.2) is 212 Å². The summed E-state index contributed by atoms with van der Waals surface area (Å²) >= 11 is 0. The second-order valence-electron chi connectivity index (χ2n) is 13.0. The van der Waals surface area contributed by atoms with E-state index in [1.54, 1.807) is 0 Å². The maximum atomic E-state index is 2.45. The highest BCUT2D eigenvalue weighted by atomic mass is 15.1. The molecule has 0 atom stereocenters. The van der Waals surface area contributed by atoms with Gasteiger partial charge in [0, 0.05) is 16.6 Å².